The van der Waals surface area contributed by atoms with E-state index < -0.39 is 16.0 Å². The second-order valence-corrected chi connectivity index (χ2v) is 7.70. The molecular weight excluding hydrogens is 393 g/mol. The van der Waals surface area contributed by atoms with Crippen LogP contribution in [-0.2, 0) is 10.0 Å². The molecule has 1 rings (SSSR count). The molecule has 0 saturated heterocycles. The van der Waals surface area contributed by atoms with Gasteiger partial charge in [0.2, 0.25) is 10.0 Å². The molecule has 0 heterocycles. The van der Waals surface area contributed by atoms with Crippen molar-refractivity contribution in [1.29, 1.82) is 0 Å². The zero-order valence-electron chi connectivity index (χ0n) is 11.6. The number of carboxylic acids is 1. The number of carboxylic acid groups (broad SMARTS) is 1. The lowest BCUT2D eigenvalue weighted by Gasteiger charge is -2.20. The summed E-state index contributed by atoms with van der Waals surface area (Å²) in [5.74, 6) is -0.972. The van der Waals surface area contributed by atoms with Gasteiger partial charge in [0, 0.05) is 9.61 Å². The van der Waals surface area contributed by atoms with Crippen LogP contribution in [0.2, 0.25) is 0 Å². The van der Waals surface area contributed by atoms with Crippen LogP contribution in [0.5, 0.6) is 0 Å². The molecule has 0 saturated carbocycles. The molecule has 1 aromatic rings. The van der Waals surface area contributed by atoms with Crippen LogP contribution >= 0.6 is 22.6 Å². The van der Waals surface area contributed by atoms with Gasteiger partial charge in [-0.15, -0.1) is 0 Å². The van der Waals surface area contributed by atoms with E-state index in [0.717, 1.165) is 0 Å². The van der Waals surface area contributed by atoms with Gasteiger partial charge in [-0.05, 0) is 53.1 Å². The van der Waals surface area contributed by atoms with Gasteiger partial charge < -0.3 is 5.11 Å². The Labute approximate surface area is 133 Å². The van der Waals surface area contributed by atoms with E-state index in [2.05, 4.69) is 4.72 Å². The van der Waals surface area contributed by atoms with E-state index in [9.17, 15) is 13.2 Å². The topological polar surface area (TPSA) is 83.5 Å². The highest BCUT2D eigenvalue weighted by Gasteiger charge is 2.22. The molecule has 0 radical (unpaired) electrons. The molecule has 1 unspecified atom stereocenters. The quantitative estimate of drug-likeness (QED) is 0.706. The Bertz CT molecular complexity index is 598. The molecule has 20 heavy (non-hydrogen) atoms. The van der Waals surface area contributed by atoms with Crippen molar-refractivity contribution in [2.75, 3.05) is 0 Å². The van der Waals surface area contributed by atoms with Crippen molar-refractivity contribution in [3.63, 3.8) is 0 Å². The van der Waals surface area contributed by atoms with Crippen molar-refractivity contribution < 1.29 is 18.3 Å². The number of aromatic carboxylic acids is 1. The minimum absolute atomic E-state index is 0.00827. The maximum atomic E-state index is 12.3. The zero-order valence-corrected chi connectivity index (χ0v) is 14.5. The lowest BCUT2D eigenvalue weighted by Crippen LogP contribution is -2.38. The second kappa shape index (κ2) is 6.86. The summed E-state index contributed by atoms with van der Waals surface area (Å²) < 4.78 is 27.7. The molecule has 0 amide bonds. The molecule has 0 aliphatic rings. The largest absolute Gasteiger partial charge is 0.478 e. The molecular formula is C13H18INO4S. The molecule has 5 nitrogen and oxygen atoms in total. The number of carbonyl (C=O) groups is 1. The van der Waals surface area contributed by atoms with E-state index in [1.807, 2.05) is 43.4 Å². The molecule has 0 fully saturated rings. The Balaban J connectivity index is 3.16. The standard InChI is InChI=1S/C13H18INO4S/c1-4-12(8(2)3)15-20(18,19)9-5-6-11(14)10(7-9)13(16)17/h5-8,12,15H,4H2,1-3H3,(H,16,17). The number of benzene rings is 1. The summed E-state index contributed by atoms with van der Waals surface area (Å²) in [4.78, 5) is 11.0. The van der Waals surface area contributed by atoms with Crippen molar-refractivity contribution in [1.82, 2.24) is 4.72 Å². The van der Waals surface area contributed by atoms with Crippen LogP contribution in [0.25, 0.3) is 0 Å². The first-order valence-corrected chi connectivity index (χ1v) is 8.80. The van der Waals surface area contributed by atoms with Gasteiger partial charge in [-0.1, -0.05) is 20.8 Å². The van der Waals surface area contributed by atoms with E-state index >= 15 is 0 Å². The van der Waals surface area contributed by atoms with Gasteiger partial charge in [-0.25, -0.2) is 17.9 Å². The Hall–Kier alpha value is -0.670. The first kappa shape index (κ1) is 17.4. The van der Waals surface area contributed by atoms with Gasteiger partial charge in [-0.3, -0.25) is 0 Å². The Morgan fingerprint density at radius 3 is 2.45 bits per heavy atom. The highest BCUT2D eigenvalue weighted by Crippen LogP contribution is 2.19. The van der Waals surface area contributed by atoms with E-state index in [1.54, 1.807) is 0 Å². The number of hydrogen-bond donors (Lipinski definition) is 2. The van der Waals surface area contributed by atoms with Crippen LogP contribution in [0, 0.1) is 9.49 Å². The SMILES string of the molecule is CCC(NS(=O)(=O)c1ccc(I)c(C(=O)O)c1)C(C)C. The van der Waals surface area contributed by atoms with Gasteiger partial charge in [-0.2, -0.15) is 0 Å². The van der Waals surface area contributed by atoms with Gasteiger partial charge in [0.05, 0.1) is 10.5 Å². The fourth-order valence-electron chi connectivity index (χ4n) is 1.79. The Morgan fingerprint density at radius 2 is 2.00 bits per heavy atom. The number of halogens is 1. The van der Waals surface area contributed by atoms with Gasteiger partial charge in [0.1, 0.15) is 0 Å². The Morgan fingerprint density at radius 1 is 1.40 bits per heavy atom. The fraction of sp³-hybridized carbons (Fsp3) is 0.462. The molecule has 7 heteroatoms. The predicted octanol–water partition coefficient (Wildman–Crippen LogP) is 2.70. The summed E-state index contributed by atoms with van der Waals surface area (Å²) in [6.07, 6.45) is 0.674. The fourth-order valence-corrected chi connectivity index (χ4v) is 3.85. The van der Waals surface area contributed by atoms with E-state index in [1.165, 1.54) is 18.2 Å². The number of nitrogens with one attached hydrogen (secondary N) is 1. The normalized spacial score (nSPS) is 13.4. The van der Waals surface area contributed by atoms with Crippen molar-refractivity contribution in [2.45, 2.75) is 38.1 Å². The monoisotopic (exact) mass is 411 g/mol. The van der Waals surface area contributed by atoms with Crippen LogP contribution in [0.4, 0.5) is 0 Å². The van der Waals surface area contributed by atoms with Crippen LogP contribution in [-0.4, -0.2) is 25.5 Å². The first-order chi connectivity index (χ1) is 9.19. The maximum absolute atomic E-state index is 12.3. The molecule has 1 aromatic carbocycles. The second-order valence-electron chi connectivity index (χ2n) is 4.83. The average molecular weight is 411 g/mol. The van der Waals surface area contributed by atoms with Crippen LogP contribution < -0.4 is 4.72 Å². The summed E-state index contributed by atoms with van der Waals surface area (Å²) in [6.45, 7) is 5.78. The molecule has 0 aromatic heterocycles. The lowest BCUT2D eigenvalue weighted by molar-refractivity contribution is 0.0695. The van der Waals surface area contributed by atoms with Gasteiger partial charge in [0.25, 0.3) is 0 Å². The smallest absolute Gasteiger partial charge is 0.336 e. The summed E-state index contributed by atoms with van der Waals surface area (Å²) in [5, 5.41) is 9.05. The minimum atomic E-state index is -3.71. The number of sulfonamides is 1. The predicted molar refractivity (Wildman–Crippen MR) is 85.4 cm³/mol. The molecule has 0 bridgehead atoms. The lowest BCUT2D eigenvalue weighted by atomic mass is 10.0. The van der Waals surface area contributed by atoms with Crippen LogP contribution in [0.3, 0.4) is 0 Å². The molecule has 0 aliphatic carbocycles. The number of rotatable bonds is 6. The minimum Gasteiger partial charge on any atom is -0.478 e. The molecule has 2 N–H and O–H groups in total. The van der Waals surface area contributed by atoms with E-state index in [-0.39, 0.29) is 22.4 Å². The van der Waals surface area contributed by atoms with Crippen molar-refractivity contribution in [3.8, 4) is 0 Å². The maximum Gasteiger partial charge on any atom is 0.336 e. The van der Waals surface area contributed by atoms with Crippen molar-refractivity contribution in [2.24, 2.45) is 5.92 Å². The van der Waals surface area contributed by atoms with Crippen LogP contribution in [0.15, 0.2) is 23.1 Å². The summed E-state index contributed by atoms with van der Waals surface area (Å²) in [5.41, 5.74) is -0.00827. The highest BCUT2D eigenvalue weighted by atomic mass is 127. The molecule has 1 atom stereocenters. The van der Waals surface area contributed by atoms with Gasteiger partial charge >= 0.3 is 5.97 Å². The zero-order chi connectivity index (χ0) is 15.5. The summed E-state index contributed by atoms with van der Waals surface area (Å²) in [6, 6.07) is 3.94. The molecule has 0 spiro atoms. The third kappa shape index (κ3) is 4.16. The Kier molecular flexibility index (Phi) is 5.96. The highest BCUT2D eigenvalue weighted by molar-refractivity contribution is 14.1. The molecule has 0 aliphatic heterocycles. The summed E-state index contributed by atoms with van der Waals surface area (Å²) >= 11 is 1.87. The van der Waals surface area contributed by atoms with Gasteiger partial charge in [0.15, 0.2) is 0 Å². The number of hydrogen-bond acceptors (Lipinski definition) is 3. The van der Waals surface area contributed by atoms with E-state index in [0.29, 0.717) is 9.99 Å². The van der Waals surface area contributed by atoms with Crippen LogP contribution in [0.1, 0.15) is 37.6 Å². The summed E-state index contributed by atoms with van der Waals surface area (Å²) in [7, 11) is -3.71. The first-order valence-electron chi connectivity index (χ1n) is 6.24. The van der Waals surface area contributed by atoms with Crippen molar-refractivity contribution in [3.05, 3.63) is 27.3 Å². The molecule has 112 valence electrons. The van der Waals surface area contributed by atoms with E-state index in [4.69, 9.17) is 5.11 Å². The average Bonchev–Trinajstić information content (AvgIpc) is 2.35. The van der Waals surface area contributed by atoms with Crippen molar-refractivity contribution >= 4 is 38.6 Å². The third-order valence-corrected chi connectivity index (χ3v) is 5.46. The third-order valence-electron chi connectivity index (χ3n) is 3.03.